The molecular weight excluding hydrogens is 384 g/mol. The number of hydrogen-bond donors (Lipinski definition) is 0. The summed E-state index contributed by atoms with van der Waals surface area (Å²) >= 11 is 3.27. The molecule has 1 saturated heterocycles. The van der Waals surface area contributed by atoms with Crippen molar-refractivity contribution in [3.05, 3.63) is 64.6 Å². The summed E-state index contributed by atoms with van der Waals surface area (Å²) in [5.41, 5.74) is 0.725. The van der Waals surface area contributed by atoms with Crippen molar-refractivity contribution in [3.8, 4) is 0 Å². The van der Waals surface area contributed by atoms with E-state index in [9.17, 15) is 8.42 Å². The molecule has 0 unspecified atom stereocenters. The molecule has 0 saturated carbocycles. The van der Waals surface area contributed by atoms with Gasteiger partial charge in [-0.2, -0.15) is 8.42 Å². The first-order valence-electron chi connectivity index (χ1n) is 7.00. The standard InChI is InChI=1S/C16H15BrO5S/c17-14-6-8-15(9-7-14)23(18,19)22-12-16(20-10-11-21-16)13-4-2-1-3-5-13/h1-9H,10-12H2. The molecule has 122 valence electrons. The topological polar surface area (TPSA) is 61.8 Å². The van der Waals surface area contributed by atoms with Gasteiger partial charge in [-0.3, -0.25) is 4.18 Å². The molecule has 5 nitrogen and oxygen atoms in total. The molecule has 7 heteroatoms. The fraction of sp³-hybridized carbons (Fsp3) is 0.250. The Hall–Kier alpha value is -1.25. The molecule has 1 aliphatic heterocycles. The molecule has 23 heavy (non-hydrogen) atoms. The highest BCUT2D eigenvalue weighted by Crippen LogP contribution is 2.32. The molecule has 0 amide bonds. The average Bonchev–Trinajstić information content (AvgIpc) is 3.05. The van der Waals surface area contributed by atoms with Crippen LogP contribution in [0, 0.1) is 0 Å². The van der Waals surface area contributed by atoms with Crippen molar-refractivity contribution in [2.45, 2.75) is 10.7 Å². The van der Waals surface area contributed by atoms with Crippen LogP contribution in [0.15, 0.2) is 64.0 Å². The second-order valence-corrected chi connectivity index (χ2v) is 7.52. The van der Waals surface area contributed by atoms with Crippen molar-refractivity contribution in [2.24, 2.45) is 0 Å². The minimum absolute atomic E-state index is 0.0851. The van der Waals surface area contributed by atoms with Crippen LogP contribution in [0.5, 0.6) is 0 Å². The van der Waals surface area contributed by atoms with Crippen LogP contribution in [0.25, 0.3) is 0 Å². The molecule has 3 rings (SSSR count). The Balaban J connectivity index is 1.81. The minimum Gasteiger partial charge on any atom is -0.342 e. The van der Waals surface area contributed by atoms with Crippen molar-refractivity contribution in [3.63, 3.8) is 0 Å². The fourth-order valence-corrected chi connectivity index (χ4v) is 3.48. The van der Waals surface area contributed by atoms with Gasteiger partial charge in [0.15, 0.2) is 0 Å². The number of benzene rings is 2. The first-order valence-corrected chi connectivity index (χ1v) is 9.20. The minimum atomic E-state index is -3.89. The molecule has 0 N–H and O–H groups in total. The van der Waals surface area contributed by atoms with Crippen molar-refractivity contribution >= 4 is 26.0 Å². The number of hydrogen-bond acceptors (Lipinski definition) is 5. The third kappa shape index (κ3) is 3.64. The van der Waals surface area contributed by atoms with Crippen LogP contribution in [-0.2, 0) is 29.6 Å². The summed E-state index contributed by atoms with van der Waals surface area (Å²) in [6.45, 7) is 0.530. The van der Waals surface area contributed by atoms with Gasteiger partial charge in [0.1, 0.15) is 6.61 Å². The van der Waals surface area contributed by atoms with Gasteiger partial charge in [0, 0.05) is 10.0 Å². The van der Waals surface area contributed by atoms with Crippen LogP contribution in [-0.4, -0.2) is 28.2 Å². The molecule has 0 spiro atoms. The van der Waals surface area contributed by atoms with E-state index in [1.165, 1.54) is 12.1 Å². The summed E-state index contributed by atoms with van der Waals surface area (Å²) < 4.78 is 42.0. The van der Waals surface area contributed by atoms with E-state index >= 15 is 0 Å². The lowest BCUT2D eigenvalue weighted by molar-refractivity contribution is -0.185. The largest absolute Gasteiger partial charge is 0.342 e. The highest BCUT2D eigenvalue weighted by molar-refractivity contribution is 9.10. The molecule has 0 bridgehead atoms. The third-order valence-corrected chi connectivity index (χ3v) is 5.28. The molecule has 0 atom stereocenters. The first kappa shape index (κ1) is 16.6. The molecule has 2 aromatic carbocycles. The maximum Gasteiger partial charge on any atom is 0.297 e. The van der Waals surface area contributed by atoms with Crippen molar-refractivity contribution in [1.29, 1.82) is 0 Å². The van der Waals surface area contributed by atoms with Crippen LogP contribution in [0.2, 0.25) is 0 Å². The molecular formula is C16H15BrO5S. The monoisotopic (exact) mass is 398 g/mol. The van der Waals surface area contributed by atoms with E-state index in [0.29, 0.717) is 13.2 Å². The van der Waals surface area contributed by atoms with Crippen LogP contribution in [0.4, 0.5) is 0 Å². The first-order chi connectivity index (χ1) is 11.0. The predicted molar refractivity (Wildman–Crippen MR) is 87.3 cm³/mol. The molecule has 0 aromatic heterocycles. The molecule has 2 aromatic rings. The van der Waals surface area contributed by atoms with Gasteiger partial charge in [0.25, 0.3) is 10.1 Å². The van der Waals surface area contributed by atoms with E-state index in [1.807, 2.05) is 30.3 Å². The molecule has 1 heterocycles. The van der Waals surface area contributed by atoms with E-state index in [-0.39, 0.29) is 11.5 Å². The number of halogens is 1. The van der Waals surface area contributed by atoms with Crippen LogP contribution >= 0.6 is 15.9 Å². The Morgan fingerprint density at radius 1 is 1.00 bits per heavy atom. The molecule has 1 fully saturated rings. The van der Waals surface area contributed by atoms with Crippen LogP contribution in [0.3, 0.4) is 0 Å². The van der Waals surface area contributed by atoms with E-state index in [2.05, 4.69) is 15.9 Å². The van der Waals surface area contributed by atoms with Gasteiger partial charge < -0.3 is 9.47 Å². The Morgan fingerprint density at radius 3 is 2.22 bits per heavy atom. The molecule has 0 aliphatic carbocycles. The normalized spacial score (nSPS) is 17.3. The maximum absolute atomic E-state index is 12.3. The smallest absolute Gasteiger partial charge is 0.297 e. The number of rotatable bonds is 5. The Kier molecular flexibility index (Phi) is 4.84. The average molecular weight is 399 g/mol. The van der Waals surface area contributed by atoms with Gasteiger partial charge in [-0.1, -0.05) is 46.3 Å². The van der Waals surface area contributed by atoms with Gasteiger partial charge >= 0.3 is 0 Å². The summed E-state index contributed by atoms with van der Waals surface area (Å²) in [7, 11) is -3.89. The Morgan fingerprint density at radius 2 is 1.61 bits per heavy atom. The quantitative estimate of drug-likeness (QED) is 0.724. The van der Waals surface area contributed by atoms with Crippen molar-refractivity contribution in [1.82, 2.24) is 0 Å². The van der Waals surface area contributed by atoms with Gasteiger partial charge in [0.2, 0.25) is 5.79 Å². The maximum atomic E-state index is 12.3. The summed E-state index contributed by atoms with van der Waals surface area (Å²) in [4.78, 5) is 0.0851. The van der Waals surface area contributed by atoms with E-state index in [4.69, 9.17) is 13.7 Å². The van der Waals surface area contributed by atoms with Crippen LogP contribution < -0.4 is 0 Å². The highest BCUT2D eigenvalue weighted by atomic mass is 79.9. The summed E-state index contributed by atoms with van der Waals surface area (Å²) in [5, 5.41) is 0. The van der Waals surface area contributed by atoms with E-state index < -0.39 is 15.9 Å². The second-order valence-electron chi connectivity index (χ2n) is 4.99. The Labute approximate surface area is 143 Å². The lowest BCUT2D eigenvalue weighted by Gasteiger charge is -2.27. The highest BCUT2D eigenvalue weighted by Gasteiger charge is 2.40. The molecule has 1 aliphatic rings. The van der Waals surface area contributed by atoms with E-state index in [0.717, 1.165) is 10.0 Å². The van der Waals surface area contributed by atoms with Gasteiger partial charge in [0.05, 0.1) is 18.1 Å². The second kappa shape index (κ2) is 6.70. The number of ether oxygens (including phenoxy) is 2. The summed E-state index contributed by atoms with van der Waals surface area (Å²) in [6, 6.07) is 15.4. The lowest BCUT2D eigenvalue weighted by atomic mass is 10.1. The summed E-state index contributed by atoms with van der Waals surface area (Å²) in [5.74, 6) is -1.19. The van der Waals surface area contributed by atoms with Gasteiger partial charge in [-0.15, -0.1) is 0 Å². The molecule has 0 radical (unpaired) electrons. The zero-order valence-corrected chi connectivity index (χ0v) is 14.5. The fourth-order valence-electron chi connectivity index (χ4n) is 2.30. The van der Waals surface area contributed by atoms with Gasteiger partial charge in [-0.05, 0) is 24.3 Å². The van der Waals surface area contributed by atoms with E-state index in [1.54, 1.807) is 12.1 Å². The zero-order valence-electron chi connectivity index (χ0n) is 12.1. The lowest BCUT2D eigenvalue weighted by Crippen LogP contribution is -2.34. The SMILES string of the molecule is O=S(=O)(OCC1(c2ccccc2)OCCO1)c1ccc(Br)cc1. The van der Waals surface area contributed by atoms with Crippen LogP contribution in [0.1, 0.15) is 5.56 Å². The Bertz CT molecular complexity index is 753. The zero-order chi connectivity index (χ0) is 16.3. The van der Waals surface area contributed by atoms with Crippen molar-refractivity contribution < 1.29 is 22.1 Å². The third-order valence-electron chi connectivity index (χ3n) is 3.47. The van der Waals surface area contributed by atoms with Crippen molar-refractivity contribution in [2.75, 3.05) is 19.8 Å². The predicted octanol–water partition coefficient (Wildman–Crippen LogP) is 3.05. The summed E-state index contributed by atoms with van der Waals surface area (Å²) in [6.07, 6.45) is 0. The van der Waals surface area contributed by atoms with Gasteiger partial charge in [-0.25, -0.2) is 0 Å².